The van der Waals surface area contributed by atoms with Gasteiger partial charge in [0.15, 0.2) is 0 Å². The molecule has 2 nitrogen and oxygen atoms in total. The van der Waals surface area contributed by atoms with E-state index in [1.165, 1.54) is 12.8 Å². The van der Waals surface area contributed by atoms with Crippen LogP contribution in [-0.4, -0.2) is 21.8 Å². The van der Waals surface area contributed by atoms with Crippen LogP contribution in [0.25, 0.3) is 0 Å². The number of unbranched alkanes of at least 4 members (excludes halogenated alkanes) is 3. The summed E-state index contributed by atoms with van der Waals surface area (Å²) in [6.07, 6.45) is 5.37. The van der Waals surface area contributed by atoms with Gasteiger partial charge in [-0.2, -0.15) is 0 Å². The number of rotatable bonds is 6. The van der Waals surface area contributed by atoms with Crippen LogP contribution in [0.2, 0.25) is 0 Å². The molecule has 72 valence electrons. The third-order valence-corrected chi connectivity index (χ3v) is 2.57. The summed E-state index contributed by atoms with van der Waals surface area (Å²) in [5.41, 5.74) is 0. The molecule has 0 bridgehead atoms. The molecule has 0 N–H and O–H groups in total. The predicted molar refractivity (Wildman–Crippen MR) is 54.4 cm³/mol. The van der Waals surface area contributed by atoms with Crippen molar-refractivity contribution in [2.24, 2.45) is 0 Å². The molecule has 0 aliphatic heterocycles. The summed E-state index contributed by atoms with van der Waals surface area (Å²) in [7, 11) is 0.447. The predicted octanol–water partition coefficient (Wildman–Crippen LogP) is 1.39. The van der Waals surface area contributed by atoms with Crippen molar-refractivity contribution in [1.29, 1.82) is 0 Å². The first-order valence-electron chi connectivity index (χ1n) is 4.44. The Labute approximate surface area is 82.2 Å². The fourth-order valence-electron chi connectivity index (χ4n) is 0.996. The highest BCUT2D eigenvalue weighted by Crippen LogP contribution is 2.10. The van der Waals surface area contributed by atoms with E-state index >= 15 is 0 Å². The minimum absolute atomic E-state index is 0.250. The van der Waals surface area contributed by atoms with E-state index in [0.29, 0.717) is 10.5 Å². The Kier molecular flexibility index (Phi) is 7.60. The van der Waals surface area contributed by atoms with Gasteiger partial charge in [0.1, 0.15) is 5.38 Å². The van der Waals surface area contributed by atoms with Gasteiger partial charge >= 0.3 is 5.97 Å². The van der Waals surface area contributed by atoms with Crippen LogP contribution in [-0.2, 0) is 9.22 Å². The average Bonchev–Trinajstić information content (AvgIpc) is 2.10. The van der Waals surface area contributed by atoms with Crippen molar-refractivity contribution in [2.45, 2.75) is 44.4 Å². The highest BCUT2D eigenvalue weighted by Gasteiger charge is 2.13. The summed E-state index contributed by atoms with van der Waals surface area (Å²) < 4.78 is 4.64. The van der Waals surface area contributed by atoms with Crippen LogP contribution in [0.5, 0.6) is 0 Å². The second kappa shape index (κ2) is 7.62. The Morgan fingerprint density at radius 3 is 2.67 bits per heavy atom. The lowest BCUT2D eigenvalue weighted by molar-refractivity contribution is -0.133. The Balaban J connectivity index is 3.31. The lowest BCUT2D eigenvalue weighted by atomic mass is 10.1. The van der Waals surface area contributed by atoms with Crippen LogP contribution in [0.4, 0.5) is 0 Å². The van der Waals surface area contributed by atoms with E-state index < -0.39 is 5.38 Å². The molecule has 0 heterocycles. The molecule has 1 unspecified atom stereocenters. The normalized spacial score (nSPS) is 12.8. The van der Waals surface area contributed by atoms with Crippen molar-refractivity contribution in [3.05, 3.63) is 0 Å². The van der Waals surface area contributed by atoms with Crippen LogP contribution >= 0.6 is 11.6 Å². The van der Waals surface area contributed by atoms with Gasteiger partial charge in [-0.25, -0.2) is 0 Å². The molecule has 4 heteroatoms. The van der Waals surface area contributed by atoms with E-state index in [2.05, 4.69) is 11.3 Å². The molecule has 0 aliphatic rings. The van der Waals surface area contributed by atoms with E-state index in [1.54, 1.807) is 0 Å². The van der Waals surface area contributed by atoms with E-state index in [-0.39, 0.29) is 5.97 Å². The Bertz CT molecular complexity index is 130. The van der Waals surface area contributed by atoms with Gasteiger partial charge in [-0.05, 0) is 6.42 Å². The molecule has 0 spiro atoms. The number of hydrogen-bond donors (Lipinski definition) is 0. The van der Waals surface area contributed by atoms with Gasteiger partial charge in [-0.15, -0.1) is 11.6 Å². The number of alkyl halides is 1. The summed E-state index contributed by atoms with van der Waals surface area (Å²) in [6, 6.07) is 0. The number of carbonyl (C=O) groups excluding carboxylic acids is 1. The molecular weight excluding hydrogens is 192 g/mol. The lowest BCUT2D eigenvalue weighted by Gasteiger charge is -2.06. The van der Waals surface area contributed by atoms with E-state index in [0.717, 1.165) is 19.3 Å². The second-order valence-electron chi connectivity index (χ2n) is 2.84. The summed E-state index contributed by atoms with van der Waals surface area (Å²) in [5.74, 6) is -0.250. The van der Waals surface area contributed by atoms with Gasteiger partial charge in [0, 0.05) is 0 Å². The largest absolute Gasteiger partial charge is 0.528 e. The Hall–Kier alpha value is -0.0231. The van der Waals surface area contributed by atoms with E-state index in [1.807, 2.05) is 0 Å². The van der Waals surface area contributed by atoms with Crippen LogP contribution in [0.3, 0.4) is 0 Å². The lowest BCUT2D eigenvalue weighted by Crippen LogP contribution is -2.16. The van der Waals surface area contributed by atoms with E-state index in [9.17, 15) is 4.79 Å². The maximum atomic E-state index is 10.9. The minimum Gasteiger partial charge on any atom is -0.528 e. The summed E-state index contributed by atoms with van der Waals surface area (Å²) in [4.78, 5) is 10.9. The summed E-state index contributed by atoms with van der Waals surface area (Å²) in [5, 5.41) is -0.417. The Morgan fingerprint density at radius 2 is 2.17 bits per heavy atom. The smallest absolute Gasteiger partial charge is 0.310 e. The third kappa shape index (κ3) is 5.60. The van der Waals surface area contributed by atoms with Gasteiger partial charge in [-0.1, -0.05) is 32.6 Å². The molecule has 0 amide bonds. The fourth-order valence-corrected chi connectivity index (χ4v) is 1.67. The highest BCUT2D eigenvalue weighted by atomic mass is 35.5. The second-order valence-corrected chi connectivity index (χ2v) is 3.78. The van der Waals surface area contributed by atoms with Crippen molar-refractivity contribution >= 4 is 28.1 Å². The third-order valence-electron chi connectivity index (χ3n) is 1.77. The van der Waals surface area contributed by atoms with Crippen LogP contribution in [0.15, 0.2) is 0 Å². The maximum absolute atomic E-state index is 10.9. The molecular formula is C8H17ClO2Si. The molecule has 0 saturated heterocycles. The van der Waals surface area contributed by atoms with Gasteiger partial charge in [0.25, 0.3) is 0 Å². The van der Waals surface area contributed by atoms with E-state index in [4.69, 9.17) is 11.6 Å². The summed E-state index contributed by atoms with van der Waals surface area (Å²) >= 11 is 5.76. The van der Waals surface area contributed by atoms with Crippen molar-refractivity contribution in [3.63, 3.8) is 0 Å². The van der Waals surface area contributed by atoms with Crippen molar-refractivity contribution in [1.82, 2.24) is 0 Å². The number of halogens is 1. The fraction of sp³-hybridized carbons (Fsp3) is 0.875. The zero-order chi connectivity index (χ0) is 9.40. The van der Waals surface area contributed by atoms with Crippen molar-refractivity contribution < 1.29 is 9.22 Å². The molecule has 1 atom stereocenters. The Morgan fingerprint density at radius 1 is 1.50 bits per heavy atom. The van der Waals surface area contributed by atoms with Gasteiger partial charge in [0.2, 0.25) is 10.5 Å². The monoisotopic (exact) mass is 208 g/mol. The number of carbonyl (C=O) groups is 1. The minimum atomic E-state index is -0.417. The molecule has 0 aliphatic carbocycles. The standard InChI is InChI=1S/C8H17ClO2Si/c1-2-3-4-5-6-7(9)8(10)11-12/h7H,2-6H2,1,12H3. The first-order valence-corrected chi connectivity index (χ1v) is 5.69. The molecule has 0 aromatic rings. The van der Waals surface area contributed by atoms with Crippen LogP contribution < -0.4 is 0 Å². The topological polar surface area (TPSA) is 26.3 Å². The molecule has 0 rings (SSSR count). The first-order chi connectivity index (χ1) is 5.72. The van der Waals surface area contributed by atoms with Gasteiger partial charge in [-0.3, -0.25) is 4.79 Å². The maximum Gasteiger partial charge on any atom is 0.310 e. The molecule has 0 saturated carbocycles. The zero-order valence-electron chi connectivity index (χ0n) is 7.81. The van der Waals surface area contributed by atoms with Gasteiger partial charge < -0.3 is 4.43 Å². The molecule has 0 aromatic carbocycles. The van der Waals surface area contributed by atoms with Crippen LogP contribution in [0.1, 0.15) is 39.0 Å². The average molecular weight is 209 g/mol. The van der Waals surface area contributed by atoms with Crippen molar-refractivity contribution in [2.75, 3.05) is 0 Å². The number of hydrogen-bond acceptors (Lipinski definition) is 2. The van der Waals surface area contributed by atoms with Gasteiger partial charge in [0.05, 0.1) is 0 Å². The molecule has 0 fully saturated rings. The van der Waals surface area contributed by atoms with Crippen LogP contribution in [0, 0.1) is 0 Å². The SMILES string of the molecule is CCCCCCC(Cl)C(=O)O[SiH3]. The molecule has 12 heavy (non-hydrogen) atoms. The zero-order valence-corrected chi connectivity index (χ0v) is 10.6. The molecule has 0 radical (unpaired) electrons. The summed E-state index contributed by atoms with van der Waals surface area (Å²) in [6.45, 7) is 2.16. The first kappa shape index (κ1) is 12.0. The molecule has 0 aromatic heterocycles. The quantitative estimate of drug-likeness (QED) is 0.375. The van der Waals surface area contributed by atoms with Crippen molar-refractivity contribution in [3.8, 4) is 0 Å². The highest BCUT2D eigenvalue weighted by molar-refractivity contribution is 6.31.